The molecule has 0 amide bonds. The predicted octanol–water partition coefficient (Wildman–Crippen LogP) is 1.03. The molecule has 14 heavy (non-hydrogen) atoms. The van der Waals surface area contributed by atoms with Gasteiger partial charge in [-0.15, -0.1) is 0 Å². The van der Waals surface area contributed by atoms with E-state index in [0.717, 1.165) is 6.07 Å². The van der Waals surface area contributed by atoms with Crippen LogP contribution in [0.25, 0.3) is 0 Å². The van der Waals surface area contributed by atoms with E-state index in [1.807, 2.05) is 0 Å². The summed E-state index contributed by atoms with van der Waals surface area (Å²) < 4.78 is 12.8. The summed E-state index contributed by atoms with van der Waals surface area (Å²) in [5.74, 6) is -1.61. The quantitative estimate of drug-likeness (QED) is 0.705. The van der Waals surface area contributed by atoms with Gasteiger partial charge in [-0.25, -0.2) is 14.2 Å². The molecular formula is C9H8FNO3. The van der Waals surface area contributed by atoms with Gasteiger partial charge in [0.2, 0.25) is 0 Å². The molecule has 1 heterocycles. The van der Waals surface area contributed by atoms with Crippen LogP contribution in [0, 0.1) is 5.82 Å². The van der Waals surface area contributed by atoms with Crippen LogP contribution >= 0.6 is 0 Å². The summed E-state index contributed by atoms with van der Waals surface area (Å²) >= 11 is 0. The number of carboxylic acids is 1. The van der Waals surface area contributed by atoms with Crippen molar-refractivity contribution >= 4 is 11.7 Å². The van der Waals surface area contributed by atoms with Crippen LogP contribution in [-0.4, -0.2) is 22.3 Å². The zero-order valence-corrected chi connectivity index (χ0v) is 7.14. The first-order chi connectivity index (χ1) is 6.59. The SMILES string of the molecule is O=C(O)C1Cc2ccc(F)cc2N1O. The largest absolute Gasteiger partial charge is 0.480 e. The summed E-state index contributed by atoms with van der Waals surface area (Å²) in [7, 11) is 0. The summed E-state index contributed by atoms with van der Waals surface area (Å²) in [5, 5.41) is 18.7. The summed E-state index contributed by atoms with van der Waals surface area (Å²) in [4.78, 5) is 10.7. The van der Waals surface area contributed by atoms with Crippen LogP contribution < -0.4 is 5.06 Å². The fourth-order valence-electron chi connectivity index (χ4n) is 1.58. The van der Waals surface area contributed by atoms with Gasteiger partial charge in [-0.1, -0.05) is 6.07 Å². The van der Waals surface area contributed by atoms with Crippen LogP contribution in [0.4, 0.5) is 10.1 Å². The first-order valence-corrected chi connectivity index (χ1v) is 4.09. The van der Waals surface area contributed by atoms with Crippen molar-refractivity contribution in [2.24, 2.45) is 0 Å². The normalized spacial score (nSPS) is 19.6. The van der Waals surface area contributed by atoms with Crippen molar-refractivity contribution in [3.63, 3.8) is 0 Å². The number of aliphatic carboxylic acids is 1. The minimum Gasteiger partial charge on any atom is -0.480 e. The summed E-state index contributed by atoms with van der Waals surface area (Å²) in [6.07, 6.45) is 0.196. The van der Waals surface area contributed by atoms with E-state index in [2.05, 4.69) is 0 Å². The Labute approximate surface area is 79.1 Å². The van der Waals surface area contributed by atoms with Crippen molar-refractivity contribution < 1.29 is 19.5 Å². The molecule has 0 fully saturated rings. The second-order valence-corrected chi connectivity index (χ2v) is 3.18. The van der Waals surface area contributed by atoms with Gasteiger partial charge in [0.25, 0.3) is 0 Å². The van der Waals surface area contributed by atoms with E-state index in [-0.39, 0.29) is 12.1 Å². The summed E-state index contributed by atoms with van der Waals surface area (Å²) in [6, 6.07) is 2.85. The molecule has 2 N–H and O–H groups in total. The number of halogens is 1. The highest BCUT2D eigenvalue weighted by Crippen LogP contribution is 2.31. The number of hydrogen-bond acceptors (Lipinski definition) is 3. The van der Waals surface area contributed by atoms with E-state index >= 15 is 0 Å². The number of fused-ring (bicyclic) bond motifs is 1. The zero-order valence-electron chi connectivity index (χ0n) is 7.14. The van der Waals surface area contributed by atoms with Gasteiger partial charge in [-0.2, -0.15) is 0 Å². The Kier molecular flexibility index (Phi) is 1.89. The van der Waals surface area contributed by atoms with Crippen LogP contribution in [0.2, 0.25) is 0 Å². The van der Waals surface area contributed by atoms with Crippen LogP contribution in [0.3, 0.4) is 0 Å². The number of hydroxylamine groups is 1. The van der Waals surface area contributed by atoms with E-state index in [9.17, 15) is 14.4 Å². The van der Waals surface area contributed by atoms with Gasteiger partial charge >= 0.3 is 5.97 Å². The lowest BCUT2D eigenvalue weighted by Gasteiger charge is -2.15. The molecule has 74 valence electrons. The fraction of sp³-hybridized carbons (Fsp3) is 0.222. The number of benzene rings is 1. The average molecular weight is 197 g/mol. The van der Waals surface area contributed by atoms with Crippen molar-refractivity contribution in [3.8, 4) is 0 Å². The molecule has 5 heteroatoms. The molecule has 1 aromatic carbocycles. The van der Waals surface area contributed by atoms with Gasteiger partial charge in [-0.05, 0) is 17.7 Å². The molecule has 1 atom stereocenters. The van der Waals surface area contributed by atoms with Crippen LogP contribution in [0.5, 0.6) is 0 Å². The second kappa shape index (κ2) is 2.95. The van der Waals surface area contributed by atoms with Crippen molar-refractivity contribution in [1.82, 2.24) is 0 Å². The third kappa shape index (κ3) is 1.22. The number of carbonyl (C=O) groups is 1. The maximum Gasteiger partial charge on any atom is 0.329 e. The Hall–Kier alpha value is -1.62. The molecule has 0 saturated carbocycles. The molecule has 4 nitrogen and oxygen atoms in total. The molecular weight excluding hydrogens is 189 g/mol. The van der Waals surface area contributed by atoms with Crippen molar-refractivity contribution in [2.45, 2.75) is 12.5 Å². The maximum atomic E-state index is 12.8. The number of anilines is 1. The van der Waals surface area contributed by atoms with Gasteiger partial charge in [0.1, 0.15) is 5.82 Å². The molecule has 0 aromatic heterocycles. The molecule has 0 aliphatic carbocycles. The van der Waals surface area contributed by atoms with Crippen LogP contribution in [-0.2, 0) is 11.2 Å². The standard InChI is InChI=1S/C9H8FNO3/c10-6-2-1-5-3-8(9(12)13)11(14)7(5)4-6/h1-2,4,8,14H,3H2,(H,12,13). The minimum absolute atomic E-state index is 0.196. The molecule has 1 aromatic rings. The lowest BCUT2D eigenvalue weighted by molar-refractivity contribution is -0.139. The highest BCUT2D eigenvalue weighted by molar-refractivity contribution is 5.81. The maximum absolute atomic E-state index is 12.8. The zero-order chi connectivity index (χ0) is 10.3. The van der Waals surface area contributed by atoms with Gasteiger partial charge in [0.15, 0.2) is 6.04 Å². The van der Waals surface area contributed by atoms with E-state index in [0.29, 0.717) is 10.6 Å². The second-order valence-electron chi connectivity index (χ2n) is 3.18. The highest BCUT2D eigenvalue weighted by Gasteiger charge is 2.33. The fourth-order valence-corrected chi connectivity index (χ4v) is 1.58. The number of rotatable bonds is 1. The first kappa shape index (κ1) is 8.96. The van der Waals surface area contributed by atoms with Gasteiger partial charge in [0.05, 0.1) is 5.69 Å². The molecule has 1 aliphatic rings. The summed E-state index contributed by atoms with van der Waals surface area (Å²) in [5.41, 5.74) is 0.874. The molecule has 1 aliphatic heterocycles. The van der Waals surface area contributed by atoms with Gasteiger partial charge in [-0.3, -0.25) is 5.21 Å². The molecule has 2 rings (SSSR count). The molecule has 1 unspecified atom stereocenters. The smallest absolute Gasteiger partial charge is 0.329 e. The molecule has 0 bridgehead atoms. The van der Waals surface area contributed by atoms with Gasteiger partial charge < -0.3 is 5.11 Å². The number of hydrogen-bond donors (Lipinski definition) is 2. The lowest BCUT2D eigenvalue weighted by atomic mass is 10.1. The lowest BCUT2D eigenvalue weighted by Crippen LogP contribution is -2.35. The van der Waals surface area contributed by atoms with Crippen molar-refractivity contribution in [3.05, 3.63) is 29.6 Å². The van der Waals surface area contributed by atoms with Gasteiger partial charge in [0, 0.05) is 6.42 Å². The molecule has 0 spiro atoms. The Balaban J connectivity index is 2.41. The third-order valence-electron chi connectivity index (χ3n) is 2.29. The minimum atomic E-state index is -1.12. The third-order valence-corrected chi connectivity index (χ3v) is 2.29. The Morgan fingerprint density at radius 1 is 1.57 bits per heavy atom. The van der Waals surface area contributed by atoms with Crippen LogP contribution in [0.1, 0.15) is 5.56 Å². The van der Waals surface area contributed by atoms with Crippen molar-refractivity contribution in [1.29, 1.82) is 0 Å². The number of carboxylic acid groups (broad SMARTS) is 1. The number of nitrogens with zero attached hydrogens (tertiary/aromatic N) is 1. The average Bonchev–Trinajstić information content (AvgIpc) is 2.44. The Morgan fingerprint density at radius 3 is 2.93 bits per heavy atom. The van der Waals surface area contributed by atoms with E-state index in [4.69, 9.17) is 5.11 Å². The Morgan fingerprint density at radius 2 is 2.29 bits per heavy atom. The predicted molar refractivity (Wildman–Crippen MR) is 45.8 cm³/mol. The first-order valence-electron chi connectivity index (χ1n) is 4.09. The molecule has 0 radical (unpaired) electrons. The summed E-state index contributed by atoms with van der Waals surface area (Å²) in [6.45, 7) is 0. The van der Waals surface area contributed by atoms with E-state index < -0.39 is 17.8 Å². The van der Waals surface area contributed by atoms with E-state index in [1.54, 1.807) is 0 Å². The van der Waals surface area contributed by atoms with Crippen molar-refractivity contribution in [2.75, 3.05) is 5.06 Å². The topological polar surface area (TPSA) is 60.8 Å². The molecule has 0 saturated heterocycles. The monoisotopic (exact) mass is 197 g/mol. The Bertz CT molecular complexity index is 394. The highest BCUT2D eigenvalue weighted by atomic mass is 19.1. The van der Waals surface area contributed by atoms with Crippen LogP contribution in [0.15, 0.2) is 18.2 Å². The van der Waals surface area contributed by atoms with E-state index in [1.165, 1.54) is 12.1 Å².